The maximum Gasteiger partial charge on any atom is 0.226 e. The van der Waals surface area contributed by atoms with Gasteiger partial charge in [0.15, 0.2) is 28.1 Å². The second-order valence-corrected chi connectivity index (χ2v) is 10.7. The second kappa shape index (κ2) is 10.1. The minimum Gasteiger partial charge on any atom is -0.611 e. The van der Waals surface area contributed by atoms with Crippen molar-refractivity contribution in [3.63, 3.8) is 0 Å². The number of nitrogens with zero attached hydrogens (tertiary/aromatic N) is 5. The van der Waals surface area contributed by atoms with E-state index in [9.17, 15) is 14.8 Å². The molecule has 0 spiro atoms. The van der Waals surface area contributed by atoms with Crippen molar-refractivity contribution in [1.29, 1.82) is 0 Å². The number of aliphatic hydroxyl groups is 2. The zero-order valence-corrected chi connectivity index (χ0v) is 20.3. The van der Waals surface area contributed by atoms with E-state index in [-0.39, 0.29) is 16.4 Å². The lowest BCUT2D eigenvalue weighted by Crippen LogP contribution is -2.42. The summed E-state index contributed by atoms with van der Waals surface area (Å²) in [6.07, 6.45) is -0.973. The average Bonchev–Trinajstić information content (AvgIpc) is 3.40. The molecule has 2 saturated heterocycles. The molecule has 5 rings (SSSR count). The molecule has 1 aromatic carbocycles. The number of fused-ring (bicyclic) bond motifs is 1. The molecule has 10 nitrogen and oxygen atoms in total. The fourth-order valence-corrected chi connectivity index (χ4v) is 6.19. The van der Waals surface area contributed by atoms with Crippen molar-refractivity contribution < 1.29 is 19.5 Å². The lowest BCUT2D eigenvalue weighted by molar-refractivity contribution is -0.0291. The van der Waals surface area contributed by atoms with Gasteiger partial charge in [-0.25, -0.2) is 9.99 Å². The molecule has 34 heavy (non-hydrogen) atoms. The molecule has 1 unspecified atom stereocenters. The molecule has 2 aromatic heterocycles. The number of imidazole rings is 1. The van der Waals surface area contributed by atoms with Gasteiger partial charge in [-0.1, -0.05) is 18.2 Å². The normalized spacial score (nSPS) is 27.3. The SMILES string of the molecule is [O-][S+](c1ccccc1)C1CCN(Nc2nc(Cl)nc3c2ncn3[C@@H]2O[C@H](CCl)[C@@H](O)[C@H]2O)CC1. The van der Waals surface area contributed by atoms with Crippen LogP contribution in [0.15, 0.2) is 41.6 Å². The number of aromatic nitrogens is 4. The van der Waals surface area contributed by atoms with E-state index >= 15 is 0 Å². The van der Waals surface area contributed by atoms with Crippen LogP contribution in [0.1, 0.15) is 19.1 Å². The Balaban J connectivity index is 1.31. The third-order valence-electron chi connectivity index (χ3n) is 6.14. The molecular formula is C21H24Cl2N6O4S. The van der Waals surface area contributed by atoms with Gasteiger partial charge in [0.05, 0.1) is 12.2 Å². The van der Waals surface area contributed by atoms with Crippen LogP contribution in [0.3, 0.4) is 0 Å². The number of piperidine rings is 1. The molecule has 0 radical (unpaired) electrons. The molecule has 3 N–H and O–H groups in total. The highest BCUT2D eigenvalue weighted by atomic mass is 35.5. The topological polar surface area (TPSA) is 132 Å². The maximum absolute atomic E-state index is 12.9. The first-order chi connectivity index (χ1) is 16.5. The van der Waals surface area contributed by atoms with Crippen molar-refractivity contribution in [2.24, 2.45) is 0 Å². The van der Waals surface area contributed by atoms with E-state index < -0.39 is 35.7 Å². The molecule has 3 aromatic rings. The number of hydrazine groups is 1. The number of hydrogen-bond donors (Lipinski definition) is 3. The van der Waals surface area contributed by atoms with Crippen molar-refractivity contribution in [3.05, 3.63) is 41.9 Å². The van der Waals surface area contributed by atoms with Crippen LogP contribution in [0.5, 0.6) is 0 Å². The molecule has 5 atom stereocenters. The molecule has 13 heteroatoms. The predicted octanol–water partition coefficient (Wildman–Crippen LogP) is 1.94. The van der Waals surface area contributed by atoms with E-state index in [1.54, 1.807) is 0 Å². The number of halogens is 2. The van der Waals surface area contributed by atoms with Crippen molar-refractivity contribution in [3.8, 4) is 0 Å². The smallest absolute Gasteiger partial charge is 0.226 e. The number of anilines is 1. The van der Waals surface area contributed by atoms with Gasteiger partial charge in [-0.2, -0.15) is 9.97 Å². The summed E-state index contributed by atoms with van der Waals surface area (Å²) in [4.78, 5) is 13.8. The van der Waals surface area contributed by atoms with Crippen LogP contribution in [-0.4, -0.2) is 81.8 Å². The summed E-state index contributed by atoms with van der Waals surface area (Å²) in [6, 6.07) is 9.52. The van der Waals surface area contributed by atoms with Crippen molar-refractivity contribution in [2.45, 2.75) is 47.5 Å². The lowest BCUT2D eigenvalue weighted by atomic mass is 10.1. The quantitative estimate of drug-likeness (QED) is 0.250. The number of ether oxygens (including phenoxy) is 1. The monoisotopic (exact) mass is 526 g/mol. The van der Waals surface area contributed by atoms with Crippen LogP contribution in [0.4, 0.5) is 5.82 Å². The summed E-state index contributed by atoms with van der Waals surface area (Å²) in [5.41, 5.74) is 4.06. The van der Waals surface area contributed by atoms with E-state index in [0.717, 1.165) is 17.7 Å². The Hall–Kier alpha value is -1.70. The average molecular weight is 527 g/mol. The van der Waals surface area contributed by atoms with Gasteiger partial charge in [0, 0.05) is 25.9 Å². The Morgan fingerprint density at radius 1 is 1.15 bits per heavy atom. The number of nitrogens with one attached hydrogen (secondary N) is 1. The standard InChI is InChI=1S/C21H24Cl2N6O4S/c22-10-14-16(30)17(31)20(33-14)29-11-24-15-18(25-21(23)26-19(15)29)27-28-8-6-13(7-9-28)34(32)12-4-2-1-3-5-12/h1-5,11,13-14,16-17,20,30-31H,6-10H2,(H,25,26,27)/t14-,16-,17-,20-,34?/m1/s1. The highest BCUT2D eigenvalue weighted by molar-refractivity contribution is 7.92. The minimum absolute atomic E-state index is 0.00116. The fourth-order valence-electron chi connectivity index (χ4n) is 4.32. The molecule has 0 amide bonds. The van der Waals surface area contributed by atoms with E-state index in [1.165, 1.54) is 10.9 Å². The summed E-state index contributed by atoms with van der Waals surface area (Å²) >= 11 is 11.0. The first-order valence-electron chi connectivity index (χ1n) is 10.9. The molecule has 2 aliphatic rings. The van der Waals surface area contributed by atoms with Crippen LogP contribution in [0.2, 0.25) is 5.28 Å². The number of rotatable bonds is 6. The minimum atomic E-state index is -1.20. The van der Waals surface area contributed by atoms with E-state index in [4.69, 9.17) is 27.9 Å². The molecule has 0 saturated carbocycles. The Kier molecular flexibility index (Phi) is 7.14. The molecule has 4 heterocycles. The largest absolute Gasteiger partial charge is 0.611 e. The lowest BCUT2D eigenvalue weighted by Gasteiger charge is -2.32. The van der Waals surface area contributed by atoms with Gasteiger partial charge in [-0.3, -0.25) is 4.57 Å². The van der Waals surface area contributed by atoms with Gasteiger partial charge in [-0.05, 0) is 34.9 Å². The molecule has 0 aliphatic carbocycles. The molecule has 182 valence electrons. The Morgan fingerprint density at radius 3 is 2.56 bits per heavy atom. The Bertz CT molecular complexity index is 1130. The first-order valence-corrected chi connectivity index (χ1v) is 13.0. The zero-order chi connectivity index (χ0) is 23.8. The molecule has 0 bridgehead atoms. The third kappa shape index (κ3) is 4.59. The van der Waals surface area contributed by atoms with Crippen LogP contribution in [-0.2, 0) is 15.9 Å². The molecular weight excluding hydrogens is 503 g/mol. The summed E-state index contributed by atoms with van der Waals surface area (Å²) in [6.45, 7) is 1.34. The van der Waals surface area contributed by atoms with Crippen molar-refractivity contribution >= 4 is 51.4 Å². The van der Waals surface area contributed by atoms with Gasteiger partial charge in [0.2, 0.25) is 5.28 Å². The summed E-state index contributed by atoms with van der Waals surface area (Å²) in [5.74, 6) is 0.452. The number of hydrogen-bond acceptors (Lipinski definition) is 9. The molecule has 2 aliphatic heterocycles. The van der Waals surface area contributed by atoms with Crippen LogP contribution in [0.25, 0.3) is 11.2 Å². The van der Waals surface area contributed by atoms with E-state index in [2.05, 4.69) is 20.4 Å². The first kappa shape index (κ1) is 24.0. The van der Waals surface area contributed by atoms with E-state index in [1.807, 2.05) is 35.3 Å². The predicted molar refractivity (Wildman–Crippen MR) is 128 cm³/mol. The number of aliphatic hydroxyl groups excluding tert-OH is 2. The van der Waals surface area contributed by atoms with Gasteiger partial charge >= 0.3 is 0 Å². The van der Waals surface area contributed by atoms with E-state index in [0.29, 0.717) is 30.1 Å². The number of alkyl halides is 1. The highest BCUT2D eigenvalue weighted by Crippen LogP contribution is 2.33. The van der Waals surface area contributed by atoms with Crippen molar-refractivity contribution in [2.75, 3.05) is 24.4 Å². The third-order valence-corrected chi connectivity index (χ3v) is 8.43. The number of benzene rings is 1. The summed E-state index contributed by atoms with van der Waals surface area (Å²) in [7, 11) is 0. The van der Waals surface area contributed by atoms with Gasteiger partial charge in [0.1, 0.15) is 23.6 Å². The Morgan fingerprint density at radius 2 is 1.88 bits per heavy atom. The zero-order valence-electron chi connectivity index (χ0n) is 18.0. The van der Waals surface area contributed by atoms with Crippen LogP contribution < -0.4 is 5.43 Å². The fraction of sp³-hybridized carbons (Fsp3) is 0.476. The maximum atomic E-state index is 12.9. The molecule has 2 fully saturated rings. The Labute approximate surface area is 209 Å². The highest BCUT2D eigenvalue weighted by Gasteiger charge is 2.44. The van der Waals surface area contributed by atoms with Gasteiger partial charge < -0.3 is 24.9 Å². The van der Waals surface area contributed by atoms with Crippen molar-refractivity contribution in [1.82, 2.24) is 24.5 Å². The second-order valence-electron chi connectivity index (χ2n) is 8.27. The summed E-state index contributed by atoms with van der Waals surface area (Å²) < 4.78 is 20.1. The van der Waals surface area contributed by atoms with Gasteiger partial charge in [0.25, 0.3) is 0 Å². The summed E-state index contributed by atoms with van der Waals surface area (Å²) in [5, 5.41) is 22.7. The van der Waals surface area contributed by atoms with Gasteiger partial charge in [-0.15, -0.1) is 11.6 Å². The van der Waals surface area contributed by atoms with Crippen LogP contribution in [0, 0.1) is 0 Å². The van der Waals surface area contributed by atoms with Crippen LogP contribution >= 0.6 is 23.2 Å².